The van der Waals surface area contributed by atoms with Crippen LogP contribution in [0.3, 0.4) is 0 Å². The Morgan fingerprint density at radius 3 is 2.90 bits per heavy atom. The minimum absolute atomic E-state index is 0.167. The molecule has 1 aromatic rings. The molecule has 3 atom stereocenters. The highest BCUT2D eigenvalue weighted by atomic mass is 19.1. The number of likely N-dealkylation sites (tertiary alicyclic amines) is 1. The van der Waals surface area contributed by atoms with Gasteiger partial charge in [-0.1, -0.05) is 19.1 Å². The van der Waals surface area contributed by atoms with Gasteiger partial charge in [-0.3, -0.25) is 9.69 Å². The van der Waals surface area contributed by atoms with Gasteiger partial charge in [0.15, 0.2) is 0 Å². The highest BCUT2D eigenvalue weighted by Crippen LogP contribution is 2.31. The summed E-state index contributed by atoms with van der Waals surface area (Å²) in [6.45, 7) is 6.01. The van der Waals surface area contributed by atoms with E-state index in [-0.39, 0.29) is 24.2 Å². The molecule has 1 saturated heterocycles. The van der Waals surface area contributed by atoms with Crippen LogP contribution in [0.1, 0.15) is 44.7 Å². The van der Waals surface area contributed by atoms with E-state index in [9.17, 15) is 9.18 Å². The van der Waals surface area contributed by atoms with Crippen LogP contribution in [0.2, 0.25) is 0 Å². The molecule has 1 aromatic carbocycles. The van der Waals surface area contributed by atoms with Gasteiger partial charge in [0.25, 0.3) is 0 Å². The van der Waals surface area contributed by atoms with Crippen molar-refractivity contribution in [1.29, 1.82) is 0 Å². The van der Waals surface area contributed by atoms with Crippen molar-refractivity contribution in [1.82, 2.24) is 4.90 Å². The van der Waals surface area contributed by atoms with E-state index in [0.29, 0.717) is 5.92 Å². The highest BCUT2D eigenvalue weighted by molar-refractivity contribution is 5.67. The number of nitrogens with zero attached hydrogens (tertiary/aromatic N) is 1. The van der Waals surface area contributed by atoms with Crippen molar-refractivity contribution in [3.63, 3.8) is 0 Å². The summed E-state index contributed by atoms with van der Waals surface area (Å²) in [6.07, 6.45) is 2.39. The van der Waals surface area contributed by atoms with Gasteiger partial charge in [0.2, 0.25) is 0 Å². The van der Waals surface area contributed by atoms with Gasteiger partial charge in [0.05, 0.1) is 0 Å². The van der Waals surface area contributed by atoms with E-state index < -0.39 is 5.97 Å². The van der Waals surface area contributed by atoms with Gasteiger partial charge in [0, 0.05) is 19.0 Å². The predicted octanol–water partition coefficient (Wildman–Crippen LogP) is 3.71. The predicted molar refractivity (Wildman–Crippen MR) is 80.5 cm³/mol. The van der Waals surface area contributed by atoms with Gasteiger partial charge < -0.3 is 5.11 Å². The third-order valence-electron chi connectivity index (χ3n) is 4.67. The fourth-order valence-electron chi connectivity index (χ4n) is 3.28. The monoisotopic (exact) mass is 293 g/mol. The molecule has 2 rings (SSSR count). The third kappa shape index (κ3) is 4.27. The fourth-order valence-corrected chi connectivity index (χ4v) is 3.28. The second-order valence-corrected chi connectivity index (χ2v) is 6.20. The molecule has 0 radical (unpaired) electrons. The van der Waals surface area contributed by atoms with Gasteiger partial charge in [-0.15, -0.1) is 0 Å². The zero-order chi connectivity index (χ0) is 15.4. The second-order valence-electron chi connectivity index (χ2n) is 6.20. The lowest BCUT2D eigenvalue weighted by molar-refractivity contribution is -0.138. The van der Waals surface area contributed by atoms with Crippen LogP contribution in [0.5, 0.6) is 0 Å². The minimum atomic E-state index is -0.724. The Hall–Kier alpha value is -1.42. The summed E-state index contributed by atoms with van der Waals surface area (Å²) in [6, 6.07) is 6.92. The number of rotatable bonds is 5. The summed E-state index contributed by atoms with van der Waals surface area (Å²) >= 11 is 0. The zero-order valence-electron chi connectivity index (χ0n) is 12.8. The summed E-state index contributed by atoms with van der Waals surface area (Å²) in [4.78, 5) is 13.2. The highest BCUT2D eigenvalue weighted by Gasteiger charge is 2.28. The van der Waals surface area contributed by atoms with E-state index in [0.717, 1.165) is 31.5 Å². The number of halogens is 1. The molecule has 0 aromatic heterocycles. The molecular formula is C17H24FNO2. The van der Waals surface area contributed by atoms with Crippen LogP contribution in [-0.4, -0.2) is 29.1 Å². The van der Waals surface area contributed by atoms with Crippen molar-refractivity contribution in [3.05, 3.63) is 35.6 Å². The van der Waals surface area contributed by atoms with Crippen LogP contribution >= 0.6 is 0 Å². The van der Waals surface area contributed by atoms with E-state index in [1.165, 1.54) is 6.07 Å². The summed E-state index contributed by atoms with van der Waals surface area (Å²) in [7, 11) is 0. The van der Waals surface area contributed by atoms with Gasteiger partial charge in [0.1, 0.15) is 5.82 Å². The van der Waals surface area contributed by atoms with Crippen LogP contribution < -0.4 is 0 Å². The Morgan fingerprint density at radius 1 is 1.48 bits per heavy atom. The number of hydrogen-bond donors (Lipinski definition) is 1. The van der Waals surface area contributed by atoms with E-state index in [4.69, 9.17) is 5.11 Å². The zero-order valence-corrected chi connectivity index (χ0v) is 12.8. The molecule has 1 fully saturated rings. The maximum Gasteiger partial charge on any atom is 0.303 e. The van der Waals surface area contributed by atoms with Gasteiger partial charge in [-0.25, -0.2) is 4.39 Å². The van der Waals surface area contributed by atoms with Crippen molar-refractivity contribution in [2.24, 2.45) is 11.8 Å². The number of carboxylic acids is 1. The average molecular weight is 293 g/mol. The minimum Gasteiger partial charge on any atom is -0.481 e. The van der Waals surface area contributed by atoms with Gasteiger partial charge in [-0.2, -0.15) is 0 Å². The Bertz CT molecular complexity index is 491. The van der Waals surface area contributed by atoms with Crippen LogP contribution in [0.25, 0.3) is 0 Å². The lowest BCUT2D eigenvalue weighted by atomic mass is 9.84. The molecule has 0 amide bonds. The molecule has 4 heteroatoms. The van der Waals surface area contributed by atoms with Gasteiger partial charge >= 0.3 is 5.97 Å². The molecular weight excluding hydrogens is 269 g/mol. The lowest BCUT2D eigenvalue weighted by Crippen LogP contribution is -2.39. The average Bonchev–Trinajstić information content (AvgIpc) is 2.46. The summed E-state index contributed by atoms with van der Waals surface area (Å²) < 4.78 is 13.4. The number of carbonyl (C=O) groups is 1. The number of carboxylic acid groups (broad SMARTS) is 1. The lowest BCUT2D eigenvalue weighted by Gasteiger charge is -2.39. The van der Waals surface area contributed by atoms with Crippen LogP contribution in [0.15, 0.2) is 24.3 Å². The van der Waals surface area contributed by atoms with Crippen LogP contribution in [0, 0.1) is 17.7 Å². The molecule has 0 bridgehead atoms. The van der Waals surface area contributed by atoms with E-state index >= 15 is 0 Å². The van der Waals surface area contributed by atoms with Crippen LogP contribution in [-0.2, 0) is 4.79 Å². The number of hydrogen-bond acceptors (Lipinski definition) is 2. The molecule has 0 aliphatic carbocycles. The molecule has 21 heavy (non-hydrogen) atoms. The maximum atomic E-state index is 13.4. The number of aliphatic carboxylic acids is 1. The second kappa shape index (κ2) is 7.03. The summed E-state index contributed by atoms with van der Waals surface area (Å²) in [5, 5.41) is 8.94. The molecule has 0 saturated carbocycles. The Labute approximate surface area is 125 Å². The van der Waals surface area contributed by atoms with Crippen molar-refractivity contribution < 1.29 is 14.3 Å². The summed E-state index contributed by atoms with van der Waals surface area (Å²) in [5.41, 5.74) is 0.988. The third-order valence-corrected chi connectivity index (χ3v) is 4.67. The molecule has 116 valence electrons. The molecule has 1 aliphatic heterocycles. The first-order chi connectivity index (χ1) is 9.97. The smallest absolute Gasteiger partial charge is 0.303 e. The Kier molecular flexibility index (Phi) is 5.34. The van der Waals surface area contributed by atoms with Crippen molar-refractivity contribution in [3.8, 4) is 0 Å². The largest absolute Gasteiger partial charge is 0.481 e. The van der Waals surface area contributed by atoms with Crippen molar-refractivity contribution in [2.45, 2.75) is 39.2 Å². The van der Waals surface area contributed by atoms with E-state index in [1.54, 1.807) is 12.1 Å². The normalized spacial score (nSPS) is 22.7. The SMILES string of the molecule is CC(CC(=O)O)C1CCCN(C(C)c2cccc(F)c2)C1. The fraction of sp³-hybridized carbons (Fsp3) is 0.588. The molecule has 0 spiro atoms. The Morgan fingerprint density at radius 2 is 2.24 bits per heavy atom. The van der Waals surface area contributed by atoms with Crippen molar-refractivity contribution >= 4 is 5.97 Å². The van der Waals surface area contributed by atoms with E-state index in [1.807, 2.05) is 13.0 Å². The first-order valence-corrected chi connectivity index (χ1v) is 7.68. The quantitative estimate of drug-likeness (QED) is 0.899. The molecule has 3 unspecified atom stereocenters. The summed E-state index contributed by atoms with van der Waals surface area (Å²) in [5.74, 6) is -0.333. The topological polar surface area (TPSA) is 40.5 Å². The first kappa shape index (κ1) is 16.0. The van der Waals surface area contributed by atoms with Crippen LogP contribution in [0.4, 0.5) is 4.39 Å². The standard InChI is InChI=1S/C17H24FNO2/c1-12(9-17(20)21)15-6-4-8-19(11-15)13(2)14-5-3-7-16(18)10-14/h3,5,7,10,12-13,15H,4,6,8-9,11H2,1-2H3,(H,20,21). The first-order valence-electron chi connectivity index (χ1n) is 7.68. The number of piperidine rings is 1. The van der Waals surface area contributed by atoms with Gasteiger partial charge in [-0.05, 0) is 55.8 Å². The van der Waals surface area contributed by atoms with Crippen molar-refractivity contribution in [2.75, 3.05) is 13.1 Å². The number of benzene rings is 1. The molecule has 3 nitrogen and oxygen atoms in total. The maximum absolute atomic E-state index is 13.4. The molecule has 1 aliphatic rings. The molecule has 1 N–H and O–H groups in total. The van der Waals surface area contributed by atoms with E-state index in [2.05, 4.69) is 11.8 Å². The molecule has 1 heterocycles. The Balaban J connectivity index is 2.01.